The number of hydrogen-bond donors (Lipinski definition) is 3. The van der Waals surface area contributed by atoms with Crippen molar-refractivity contribution in [3.8, 4) is 0 Å². The molecule has 1 aromatic rings. The topological polar surface area (TPSA) is 113 Å². The van der Waals surface area contributed by atoms with E-state index >= 15 is 0 Å². The first-order chi connectivity index (χ1) is 12.8. The molecule has 0 aliphatic carbocycles. The van der Waals surface area contributed by atoms with E-state index in [1.807, 2.05) is 44.2 Å². The maximum absolute atomic E-state index is 13.1. The largest absolute Gasteiger partial charge is 0.480 e. The van der Waals surface area contributed by atoms with E-state index in [1.165, 1.54) is 4.90 Å². The summed E-state index contributed by atoms with van der Waals surface area (Å²) in [4.78, 5) is 38.4. The zero-order chi connectivity index (χ0) is 20.0. The molecule has 27 heavy (non-hydrogen) atoms. The van der Waals surface area contributed by atoms with Crippen molar-refractivity contribution in [3.05, 3.63) is 35.9 Å². The molecule has 1 saturated heterocycles. The normalized spacial score (nSPS) is 19.0. The third kappa shape index (κ3) is 5.79. The van der Waals surface area contributed by atoms with E-state index in [0.717, 1.165) is 5.56 Å². The standard InChI is InChI=1S/C20H29N3O4/c1-13(2)11-15(21)18(24)22-16(12-14-7-4-3-5-8-14)19(25)23-10-6-9-17(23)20(26)27/h3-5,7-8,13,15-17H,6,9-12,21H2,1-2H3,(H,22,24)(H,26,27)/t15-,16-,17-/m0/s1. The number of nitrogens with two attached hydrogens (primary N) is 1. The van der Waals surface area contributed by atoms with Crippen LogP contribution in [0.5, 0.6) is 0 Å². The van der Waals surface area contributed by atoms with Crippen LogP contribution in [0.3, 0.4) is 0 Å². The average Bonchev–Trinajstić information content (AvgIpc) is 3.10. The first-order valence-electron chi connectivity index (χ1n) is 9.42. The fourth-order valence-corrected chi connectivity index (χ4v) is 3.43. The van der Waals surface area contributed by atoms with E-state index in [1.54, 1.807) is 0 Å². The minimum Gasteiger partial charge on any atom is -0.480 e. The van der Waals surface area contributed by atoms with Crippen LogP contribution in [-0.4, -0.2) is 52.5 Å². The monoisotopic (exact) mass is 375 g/mol. The Balaban J connectivity index is 2.17. The molecular weight excluding hydrogens is 346 g/mol. The Bertz CT molecular complexity index is 662. The molecule has 3 atom stereocenters. The lowest BCUT2D eigenvalue weighted by Gasteiger charge is -2.28. The zero-order valence-electron chi connectivity index (χ0n) is 15.9. The van der Waals surface area contributed by atoms with Gasteiger partial charge in [0.15, 0.2) is 0 Å². The summed E-state index contributed by atoms with van der Waals surface area (Å²) in [7, 11) is 0. The molecular formula is C20H29N3O4. The van der Waals surface area contributed by atoms with Crippen LogP contribution in [0, 0.1) is 5.92 Å². The molecule has 0 bridgehead atoms. The highest BCUT2D eigenvalue weighted by Gasteiger charge is 2.38. The number of rotatable bonds is 8. The minimum atomic E-state index is -1.01. The number of nitrogens with zero attached hydrogens (tertiary/aromatic N) is 1. The lowest BCUT2D eigenvalue weighted by atomic mass is 10.0. The maximum Gasteiger partial charge on any atom is 0.326 e. The van der Waals surface area contributed by atoms with E-state index < -0.39 is 24.1 Å². The van der Waals surface area contributed by atoms with Gasteiger partial charge in [-0.2, -0.15) is 0 Å². The van der Waals surface area contributed by atoms with Crippen molar-refractivity contribution in [2.45, 2.75) is 57.7 Å². The highest BCUT2D eigenvalue weighted by Crippen LogP contribution is 2.20. The molecule has 1 fully saturated rings. The number of hydrogen-bond acceptors (Lipinski definition) is 4. The van der Waals surface area contributed by atoms with Crippen molar-refractivity contribution in [3.63, 3.8) is 0 Å². The number of carboxylic acid groups (broad SMARTS) is 1. The van der Waals surface area contributed by atoms with Gasteiger partial charge in [-0.3, -0.25) is 9.59 Å². The predicted molar refractivity (Wildman–Crippen MR) is 102 cm³/mol. The van der Waals surface area contributed by atoms with Gasteiger partial charge < -0.3 is 21.1 Å². The van der Waals surface area contributed by atoms with Crippen LogP contribution in [0.4, 0.5) is 0 Å². The highest BCUT2D eigenvalue weighted by atomic mass is 16.4. The molecule has 0 unspecified atom stereocenters. The molecule has 1 aliphatic rings. The number of likely N-dealkylation sites (tertiary alicyclic amines) is 1. The molecule has 4 N–H and O–H groups in total. The first-order valence-corrected chi connectivity index (χ1v) is 9.42. The van der Waals surface area contributed by atoms with Crippen LogP contribution in [0.25, 0.3) is 0 Å². The molecule has 2 rings (SSSR count). The Morgan fingerprint density at radius 2 is 1.93 bits per heavy atom. The van der Waals surface area contributed by atoms with E-state index in [2.05, 4.69) is 5.32 Å². The van der Waals surface area contributed by atoms with Crippen LogP contribution in [0.1, 0.15) is 38.7 Å². The molecule has 148 valence electrons. The summed E-state index contributed by atoms with van der Waals surface area (Å²) in [5.41, 5.74) is 6.85. The van der Waals surface area contributed by atoms with Gasteiger partial charge in [-0.05, 0) is 30.7 Å². The van der Waals surface area contributed by atoms with Gasteiger partial charge in [-0.1, -0.05) is 44.2 Å². The molecule has 7 nitrogen and oxygen atoms in total. The second kappa shape index (κ2) is 9.50. The Labute approximate surface area is 159 Å². The molecule has 7 heteroatoms. The number of carbonyl (C=O) groups is 3. The third-order valence-electron chi connectivity index (χ3n) is 4.78. The number of aliphatic carboxylic acids is 1. The van der Waals surface area contributed by atoms with Crippen molar-refractivity contribution in [2.75, 3.05) is 6.54 Å². The lowest BCUT2D eigenvalue weighted by molar-refractivity contribution is -0.149. The van der Waals surface area contributed by atoms with Crippen LogP contribution in [-0.2, 0) is 20.8 Å². The fourth-order valence-electron chi connectivity index (χ4n) is 3.43. The van der Waals surface area contributed by atoms with Gasteiger partial charge in [-0.25, -0.2) is 4.79 Å². The SMILES string of the molecule is CC(C)C[C@H](N)C(=O)N[C@@H](Cc1ccccc1)C(=O)N1CCC[C@H]1C(=O)O. The Kier molecular flexibility index (Phi) is 7.36. The third-order valence-corrected chi connectivity index (χ3v) is 4.78. The number of nitrogens with one attached hydrogen (secondary N) is 1. The van der Waals surface area contributed by atoms with Crippen molar-refractivity contribution >= 4 is 17.8 Å². The summed E-state index contributed by atoms with van der Waals surface area (Å²) in [6, 6.07) is 6.97. The molecule has 0 spiro atoms. The highest BCUT2D eigenvalue weighted by molar-refractivity contribution is 5.92. The van der Waals surface area contributed by atoms with E-state index in [9.17, 15) is 19.5 Å². The fraction of sp³-hybridized carbons (Fsp3) is 0.550. The van der Waals surface area contributed by atoms with Crippen molar-refractivity contribution < 1.29 is 19.5 Å². The summed E-state index contributed by atoms with van der Waals surface area (Å²) in [6.07, 6.45) is 1.88. The quantitative estimate of drug-likeness (QED) is 0.631. The van der Waals surface area contributed by atoms with Gasteiger partial charge >= 0.3 is 5.97 Å². The van der Waals surface area contributed by atoms with Gasteiger partial charge in [0.2, 0.25) is 11.8 Å². The van der Waals surface area contributed by atoms with E-state index in [-0.39, 0.29) is 17.7 Å². The molecule has 1 heterocycles. The van der Waals surface area contributed by atoms with E-state index in [0.29, 0.717) is 32.2 Å². The predicted octanol–water partition coefficient (Wildman–Crippen LogP) is 1.16. The number of carbonyl (C=O) groups excluding carboxylic acids is 2. The molecule has 0 saturated carbocycles. The van der Waals surface area contributed by atoms with Crippen molar-refractivity contribution in [1.82, 2.24) is 10.2 Å². The summed E-state index contributed by atoms with van der Waals surface area (Å²) in [5, 5.41) is 12.1. The number of amides is 2. The molecule has 0 radical (unpaired) electrons. The molecule has 1 aromatic carbocycles. The second-order valence-corrected chi connectivity index (χ2v) is 7.51. The zero-order valence-corrected chi connectivity index (χ0v) is 15.9. The van der Waals surface area contributed by atoms with Crippen LogP contribution in [0.2, 0.25) is 0 Å². The second-order valence-electron chi connectivity index (χ2n) is 7.51. The van der Waals surface area contributed by atoms with Crippen LogP contribution < -0.4 is 11.1 Å². The number of benzene rings is 1. The van der Waals surface area contributed by atoms with Crippen molar-refractivity contribution in [1.29, 1.82) is 0 Å². The Hall–Kier alpha value is -2.41. The van der Waals surface area contributed by atoms with Gasteiger partial charge in [-0.15, -0.1) is 0 Å². The first kappa shape index (κ1) is 20.9. The summed E-state index contributed by atoms with van der Waals surface area (Å²) < 4.78 is 0. The van der Waals surface area contributed by atoms with E-state index in [4.69, 9.17) is 5.73 Å². The summed E-state index contributed by atoms with van der Waals surface area (Å²) in [5.74, 6) is -1.51. The molecule has 2 amide bonds. The van der Waals surface area contributed by atoms with Gasteiger partial charge in [0.25, 0.3) is 0 Å². The lowest BCUT2D eigenvalue weighted by Crippen LogP contribution is -2.55. The average molecular weight is 375 g/mol. The molecule has 1 aliphatic heterocycles. The summed E-state index contributed by atoms with van der Waals surface area (Å²) in [6.45, 7) is 4.33. The Morgan fingerprint density at radius 3 is 2.52 bits per heavy atom. The van der Waals surface area contributed by atoms with Gasteiger partial charge in [0.05, 0.1) is 6.04 Å². The number of carboxylic acids is 1. The van der Waals surface area contributed by atoms with Crippen molar-refractivity contribution in [2.24, 2.45) is 11.7 Å². The smallest absolute Gasteiger partial charge is 0.326 e. The minimum absolute atomic E-state index is 0.254. The van der Waals surface area contributed by atoms with Crippen LogP contribution in [0.15, 0.2) is 30.3 Å². The van der Waals surface area contributed by atoms with Gasteiger partial charge in [0.1, 0.15) is 12.1 Å². The van der Waals surface area contributed by atoms with Gasteiger partial charge in [0, 0.05) is 13.0 Å². The summed E-state index contributed by atoms with van der Waals surface area (Å²) >= 11 is 0. The van der Waals surface area contributed by atoms with Crippen LogP contribution >= 0.6 is 0 Å². The maximum atomic E-state index is 13.1. The Morgan fingerprint density at radius 1 is 1.26 bits per heavy atom. The molecule has 0 aromatic heterocycles.